The summed E-state index contributed by atoms with van der Waals surface area (Å²) in [4.78, 5) is 24.8. The molecule has 3 aromatic rings. The highest BCUT2D eigenvalue weighted by atomic mass is 79.9. The van der Waals surface area contributed by atoms with Crippen LogP contribution in [-0.4, -0.2) is 32.8 Å². The van der Waals surface area contributed by atoms with Gasteiger partial charge in [-0.2, -0.15) is 0 Å². The monoisotopic (exact) mass is 508 g/mol. The highest BCUT2D eigenvalue weighted by Gasteiger charge is 2.53. The van der Waals surface area contributed by atoms with Gasteiger partial charge in [0.15, 0.2) is 5.41 Å². The van der Waals surface area contributed by atoms with Crippen LogP contribution in [0.1, 0.15) is 16.7 Å². The molecule has 6 nitrogen and oxygen atoms in total. The van der Waals surface area contributed by atoms with Gasteiger partial charge in [-0.25, -0.2) is 9.59 Å². The zero-order valence-corrected chi connectivity index (χ0v) is 19.6. The molecular weight excluding hydrogens is 488 g/mol. The molecule has 0 radical (unpaired) electrons. The average molecular weight is 509 g/mol. The third-order valence-electron chi connectivity index (χ3n) is 5.45. The van der Waals surface area contributed by atoms with Gasteiger partial charge in [-0.3, -0.25) is 0 Å². The summed E-state index contributed by atoms with van der Waals surface area (Å²) in [6.45, 7) is 0.136. The second-order valence-electron chi connectivity index (χ2n) is 7.22. The minimum atomic E-state index is -1.21. The summed E-state index contributed by atoms with van der Waals surface area (Å²) in [5.41, 5.74) is 0.908. The van der Waals surface area contributed by atoms with Gasteiger partial charge in [0.25, 0.3) is 0 Å². The number of fused-ring (bicyclic) bond motifs is 1. The van der Waals surface area contributed by atoms with Crippen molar-refractivity contribution < 1.29 is 28.5 Å². The zero-order chi connectivity index (χ0) is 23.4. The number of halogens is 1. The Hall–Kier alpha value is -3.58. The average Bonchev–Trinajstić information content (AvgIpc) is 3.13. The Balaban J connectivity index is 1.84. The number of hydrogen-bond acceptors (Lipinski definition) is 6. The lowest BCUT2D eigenvalue weighted by atomic mass is 9.70. The Morgan fingerprint density at radius 1 is 1.00 bits per heavy atom. The predicted octanol–water partition coefficient (Wildman–Crippen LogP) is 4.82. The molecule has 0 bridgehead atoms. The quantitative estimate of drug-likeness (QED) is 0.259. The summed E-state index contributed by atoms with van der Waals surface area (Å²) in [5, 5.41) is 0. The van der Waals surface area contributed by atoms with Gasteiger partial charge < -0.3 is 18.9 Å². The van der Waals surface area contributed by atoms with Crippen molar-refractivity contribution in [3.05, 3.63) is 100 Å². The minimum Gasteiger partial charge on any atom is -0.496 e. The summed E-state index contributed by atoms with van der Waals surface area (Å²) in [6.07, 6.45) is 2.82. The van der Waals surface area contributed by atoms with Crippen LogP contribution < -0.4 is 14.2 Å². The highest BCUT2D eigenvalue weighted by molar-refractivity contribution is 9.10. The molecular formula is C26H21BrO6. The van der Waals surface area contributed by atoms with E-state index in [0.717, 1.165) is 5.56 Å². The molecule has 1 heterocycles. The summed E-state index contributed by atoms with van der Waals surface area (Å²) in [5.74, 6) is 0.549. The molecule has 0 aromatic heterocycles. The molecule has 3 aromatic carbocycles. The first-order valence-electron chi connectivity index (χ1n) is 10.1. The van der Waals surface area contributed by atoms with Crippen LogP contribution in [0.15, 0.2) is 83.4 Å². The maximum Gasteiger partial charge on any atom is 0.331 e. The van der Waals surface area contributed by atoms with Crippen molar-refractivity contribution in [2.24, 2.45) is 0 Å². The van der Waals surface area contributed by atoms with E-state index in [1.165, 1.54) is 13.2 Å². The molecule has 7 heteroatoms. The van der Waals surface area contributed by atoms with Gasteiger partial charge >= 0.3 is 11.9 Å². The van der Waals surface area contributed by atoms with Crippen LogP contribution in [0.2, 0.25) is 0 Å². The molecule has 1 unspecified atom stereocenters. The number of esters is 2. The fourth-order valence-electron chi connectivity index (χ4n) is 3.99. The second-order valence-corrected chi connectivity index (χ2v) is 8.08. The molecule has 0 fully saturated rings. The first-order chi connectivity index (χ1) is 16.0. The van der Waals surface area contributed by atoms with Gasteiger partial charge in [-0.05, 0) is 39.7 Å². The summed E-state index contributed by atoms with van der Waals surface area (Å²) < 4.78 is 22.4. The molecule has 4 rings (SSSR count). The van der Waals surface area contributed by atoms with Crippen molar-refractivity contribution >= 4 is 27.9 Å². The number of hydrogen-bond donors (Lipinski definition) is 0. The van der Waals surface area contributed by atoms with Crippen LogP contribution in [0.25, 0.3) is 0 Å². The van der Waals surface area contributed by atoms with E-state index in [4.69, 9.17) is 14.2 Å². The van der Waals surface area contributed by atoms with E-state index in [-0.39, 0.29) is 6.61 Å². The minimum absolute atomic E-state index is 0.136. The van der Waals surface area contributed by atoms with Gasteiger partial charge in [-0.1, -0.05) is 48.5 Å². The van der Waals surface area contributed by atoms with Crippen molar-refractivity contribution in [2.45, 2.75) is 5.41 Å². The molecule has 0 N–H and O–H groups in total. The first kappa shape index (κ1) is 22.6. The summed E-state index contributed by atoms with van der Waals surface area (Å²) in [6, 6.07) is 20.4. The van der Waals surface area contributed by atoms with Gasteiger partial charge in [0.05, 0.1) is 18.7 Å². The molecule has 1 aliphatic rings. The number of benzene rings is 3. The number of carbonyl (C=O) groups excluding carboxylic acids is 2. The number of carbonyl (C=O) groups is 2. The molecule has 0 spiro atoms. The summed E-state index contributed by atoms with van der Waals surface area (Å²) >= 11 is 3.56. The SMILES string of the molecule is COC(=O)/C=C/COc1cc2c(cc1Br)C(c1ccccc1)(c1ccccc1OC)C(=O)O2. The largest absolute Gasteiger partial charge is 0.496 e. The maximum absolute atomic E-state index is 13.6. The van der Waals surface area contributed by atoms with Crippen LogP contribution in [0.3, 0.4) is 0 Å². The molecule has 1 aliphatic heterocycles. The number of methoxy groups -OCH3 is 2. The van der Waals surface area contributed by atoms with Crippen molar-refractivity contribution in [2.75, 3.05) is 20.8 Å². The third-order valence-corrected chi connectivity index (χ3v) is 6.07. The predicted molar refractivity (Wildman–Crippen MR) is 126 cm³/mol. The van der Waals surface area contributed by atoms with Crippen molar-refractivity contribution in [3.8, 4) is 17.2 Å². The second kappa shape index (κ2) is 9.50. The lowest BCUT2D eigenvalue weighted by molar-refractivity contribution is -0.136. The normalized spacial score (nSPS) is 16.9. The number of para-hydroxylation sites is 1. The lowest BCUT2D eigenvalue weighted by Gasteiger charge is -2.29. The van der Waals surface area contributed by atoms with Crippen molar-refractivity contribution in [1.29, 1.82) is 0 Å². The Morgan fingerprint density at radius 3 is 2.45 bits per heavy atom. The molecule has 1 atom stereocenters. The van der Waals surface area contributed by atoms with E-state index in [2.05, 4.69) is 20.7 Å². The van der Waals surface area contributed by atoms with Crippen LogP contribution in [0.4, 0.5) is 0 Å². The lowest BCUT2D eigenvalue weighted by Crippen LogP contribution is -2.36. The highest BCUT2D eigenvalue weighted by Crippen LogP contribution is 2.53. The van der Waals surface area contributed by atoms with Crippen LogP contribution in [0.5, 0.6) is 17.2 Å². The van der Waals surface area contributed by atoms with E-state index in [0.29, 0.717) is 32.8 Å². The van der Waals surface area contributed by atoms with E-state index in [1.54, 1.807) is 19.3 Å². The van der Waals surface area contributed by atoms with E-state index in [1.807, 2.05) is 60.7 Å². The van der Waals surface area contributed by atoms with Crippen LogP contribution in [0, 0.1) is 0 Å². The third kappa shape index (κ3) is 4.00. The van der Waals surface area contributed by atoms with Crippen molar-refractivity contribution in [1.82, 2.24) is 0 Å². The first-order valence-corrected chi connectivity index (χ1v) is 10.9. The van der Waals surface area contributed by atoms with Gasteiger partial charge in [-0.15, -0.1) is 0 Å². The van der Waals surface area contributed by atoms with E-state index in [9.17, 15) is 9.59 Å². The smallest absolute Gasteiger partial charge is 0.331 e. The van der Waals surface area contributed by atoms with Gasteiger partial charge in [0, 0.05) is 23.3 Å². The standard InChI is InChI=1S/C26H21BrO6/c1-30-21-12-7-6-11-18(21)26(17-9-4-3-5-10-17)19-15-20(27)23(16-22(19)33-25(26)29)32-14-8-13-24(28)31-2/h3-13,15-16H,14H2,1-2H3/b13-8+. The molecule has 0 amide bonds. The van der Waals surface area contributed by atoms with Gasteiger partial charge in [0.2, 0.25) is 0 Å². The van der Waals surface area contributed by atoms with Gasteiger partial charge in [0.1, 0.15) is 23.9 Å². The summed E-state index contributed by atoms with van der Waals surface area (Å²) in [7, 11) is 2.88. The molecule has 0 saturated carbocycles. The fourth-order valence-corrected chi connectivity index (χ4v) is 4.44. The fraction of sp³-hybridized carbons (Fsp3) is 0.154. The number of rotatable bonds is 7. The molecule has 33 heavy (non-hydrogen) atoms. The Labute approximate surface area is 199 Å². The van der Waals surface area contributed by atoms with E-state index < -0.39 is 17.4 Å². The zero-order valence-electron chi connectivity index (χ0n) is 18.0. The molecule has 168 valence electrons. The Bertz CT molecular complexity index is 1220. The Kier molecular flexibility index (Phi) is 6.51. The maximum atomic E-state index is 13.6. The number of ether oxygens (including phenoxy) is 4. The topological polar surface area (TPSA) is 71.1 Å². The molecule has 0 saturated heterocycles. The molecule has 0 aliphatic carbocycles. The van der Waals surface area contributed by atoms with Crippen LogP contribution in [-0.2, 0) is 19.7 Å². The Morgan fingerprint density at radius 2 is 1.73 bits per heavy atom. The van der Waals surface area contributed by atoms with Crippen molar-refractivity contribution in [3.63, 3.8) is 0 Å². The van der Waals surface area contributed by atoms with E-state index >= 15 is 0 Å². The van der Waals surface area contributed by atoms with Crippen LogP contribution >= 0.6 is 15.9 Å².